The van der Waals surface area contributed by atoms with E-state index >= 15 is 0 Å². The lowest BCUT2D eigenvalue weighted by Gasteiger charge is -2.24. The monoisotopic (exact) mass is 305 g/mol. The Hall–Kier alpha value is -2.08. The minimum Gasteiger partial charge on any atom is -0.373 e. The zero-order chi connectivity index (χ0) is 15.5. The summed E-state index contributed by atoms with van der Waals surface area (Å²) in [4.78, 5) is 4.27. The van der Waals surface area contributed by atoms with Crippen LogP contribution in [0.5, 0.6) is 0 Å². The molecule has 0 radical (unpaired) electrons. The summed E-state index contributed by atoms with van der Waals surface area (Å²) in [6.45, 7) is 4.08. The fourth-order valence-electron chi connectivity index (χ4n) is 2.12. The molecule has 5 nitrogen and oxygen atoms in total. The van der Waals surface area contributed by atoms with E-state index in [4.69, 9.17) is 0 Å². The molecule has 2 aromatic rings. The molecule has 1 aromatic heterocycles. The first-order valence-electron chi connectivity index (χ1n) is 6.73. The molecule has 0 saturated carbocycles. The van der Waals surface area contributed by atoms with Crippen LogP contribution in [0.25, 0.3) is 0 Å². The van der Waals surface area contributed by atoms with Crippen LogP contribution in [0.15, 0.2) is 47.5 Å². The molecule has 1 aromatic carbocycles. The number of anilines is 2. The number of aromatic nitrogens is 1. The van der Waals surface area contributed by atoms with Crippen LogP contribution in [0.3, 0.4) is 0 Å². The van der Waals surface area contributed by atoms with Gasteiger partial charge in [-0.1, -0.05) is 18.2 Å². The Morgan fingerprint density at radius 1 is 1.19 bits per heavy atom. The molecular weight excluding hydrogens is 286 g/mol. The summed E-state index contributed by atoms with van der Waals surface area (Å²) in [5, 5.41) is 2.87. The SMILES string of the molecule is CCN(c1ccccc1C)S(=O)(=O)c1ccc(NC)nc1. The van der Waals surface area contributed by atoms with E-state index in [0.717, 1.165) is 5.56 Å². The van der Waals surface area contributed by atoms with Crippen LogP contribution in [-0.2, 0) is 10.0 Å². The lowest BCUT2D eigenvalue weighted by Crippen LogP contribution is -2.31. The highest BCUT2D eigenvalue weighted by Crippen LogP contribution is 2.26. The van der Waals surface area contributed by atoms with Crippen molar-refractivity contribution >= 4 is 21.5 Å². The molecule has 0 unspecified atom stereocenters. The Morgan fingerprint density at radius 2 is 1.90 bits per heavy atom. The van der Waals surface area contributed by atoms with Gasteiger partial charge in [0.25, 0.3) is 10.0 Å². The molecule has 0 aliphatic heterocycles. The quantitative estimate of drug-likeness (QED) is 0.922. The van der Waals surface area contributed by atoms with Gasteiger partial charge < -0.3 is 5.32 Å². The third-order valence-electron chi connectivity index (χ3n) is 3.25. The smallest absolute Gasteiger partial charge is 0.265 e. The van der Waals surface area contributed by atoms with Crippen molar-refractivity contribution in [2.45, 2.75) is 18.7 Å². The topological polar surface area (TPSA) is 62.3 Å². The Kier molecular flexibility index (Phi) is 4.47. The Labute approximate surface area is 125 Å². The predicted molar refractivity (Wildman–Crippen MR) is 85.2 cm³/mol. The maximum atomic E-state index is 12.8. The van der Waals surface area contributed by atoms with E-state index in [0.29, 0.717) is 18.1 Å². The van der Waals surface area contributed by atoms with E-state index in [-0.39, 0.29) is 4.90 Å². The molecule has 6 heteroatoms. The van der Waals surface area contributed by atoms with Crippen LogP contribution in [0, 0.1) is 6.92 Å². The predicted octanol–water partition coefficient (Wildman–Crippen LogP) is 2.65. The fraction of sp³-hybridized carbons (Fsp3) is 0.267. The van der Waals surface area contributed by atoms with E-state index in [2.05, 4.69) is 10.3 Å². The molecule has 0 aliphatic rings. The number of nitrogens with one attached hydrogen (secondary N) is 1. The molecular formula is C15H19N3O2S. The second-order valence-electron chi connectivity index (χ2n) is 4.59. The second kappa shape index (κ2) is 6.13. The number of hydrogen-bond acceptors (Lipinski definition) is 4. The van der Waals surface area contributed by atoms with Crippen molar-refractivity contribution < 1.29 is 8.42 Å². The number of hydrogen-bond donors (Lipinski definition) is 1. The molecule has 2 rings (SSSR count). The number of aryl methyl sites for hydroxylation is 1. The van der Waals surface area contributed by atoms with Gasteiger partial charge in [-0.3, -0.25) is 4.31 Å². The summed E-state index contributed by atoms with van der Waals surface area (Å²) in [6, 6.07) is 10.7. The first kappa shape index (κ1) is 15.3. The van der Waals surface area contributed by atoms with E-state index in [1.54, 1.807) is 19.2 Å². The lowest BCUT2D eigenvalue weighted by atomic mass is 10.2. The number of para-hydroxylation sites is 1. The molecule has 0 atom stereocenters. The molecule has 0 saturated heterocycles. The molecule has 1 N–H and O–H groups in total. The van der Waals surface area contributed by atoms with Crippen LogP contribution < -0.4 is 9.62 Å². The van der Waals surface area contributed by atoms with Gasteiger partial charge in [0.1, 0.15) is 10.7 Å². The first-order valence-corrected chi connectivity index (χ1v) is 8.17. The maximum absolute atomic E-state index is 12.8. The van der Waals surface area contributed by atoms with Crippen LogP contribution in [-0.4, -0.2) is 27.0 Å². The summed E-state index contributed by atoms with van der Waals surface area (Å²) in [5.74, 6) is 0.632. The summed E-state index contributed by atoms with van der Waals surface area (Å²) < 4.78 is 27.0. The molecule has 0 amide bonds. The number of benzene rings is 1. The van der Waals surface area contributed by atoms with E-state index in [1.165, 1.54) is 10.5 Å². The molecule has 0 fully saturated rings. The van der Waals surface area contributed by atoms with Crippen LogP contribution in [0.1, 0.15) is 12.5 Å². The molecule has 0 bridgehead atoms. The maximum Gasteiger partial charge on any atom is 0.265 e. The van der Waals surface area contributed by atoms with E-state index in [1.807, 2.05) is 38.1 Å². The zero-order valence-electron chi connectivity index (χ0n) is 12.4. The lowest BCUT2D eigenvalue weighted by molar-refractivity contribution is 0.591. The zero-order valence-corrected chi connectivity index (χ0v) is 13.2. The van der Waals surface area contributed by atoms with E-state index in [9.17, 15) is 8.42 Å². The molecule has 0 aliphatic carbocycles. The van der Waals surface area contributed by atoms with Crippen molar-refractivity contribution in [2.24, 2.45) is 0 Å². The van der Waals surface area contributed by atoms with Gasteiger partial charge in [0, 0.05) is 19.8 Å². The Bertz CT molecular complexity index is 712. The third-order valence-corrected chi connectivity index (χ3v) is 5.12. The Balaban J connectivity index is 2.47. The largest absolute Gasteiger partial charge is 0.373 e. The van der Waals surface area contributed by atoms with E-state index < -0.39 is 10.0 Å². The normalized spacial score (nSPS) is 11.2. The van der Waals surface area contributed by atoms with Gasteiger partial charge in [-0.05, 0) is 37.6 Å². The highest BCUT2D eigenvalue weighted by Gasteiger charge is 2.24. The van der Waals surface area contributed by atoms with Crippen molar-refractivity contribution in [3.63, 3.8) is 0 Å². The van der Waals surface area contributed by atoms with Crippen molar-refractivity contribution in [3.05, 3.63) is 48.2 Å². The standard InChI is InChI=1S/C15H19N3O2S/c1-4-18(14-8-6-5-7-12(14)2)21(19,20)13-9-10-15(16-3)17-11-13/h5-11H,4H2,1-3H3,(H,16,17). The summed E-state index contributed by atoms with van der Waals surface area (Å²) in [5.41, 5.74) is 1.61. The minimum atomic E-state index is -3.61. The van der Waals surface area contributed by atoms with Gasteiger partial charge in [-0.2, -0.15) is 0 Å². The summed E-state index contributed by atoms with van der Waals surface area (Å²) in [7, 11) is -1.87. The van der Waals surface area contributed by atoms with Crippen LogP contribution in [0.2, 0.25) is 0 Å². The van der Waals surface area contributed by atoms with Crippen molar-refractivity contribution in [1.29, 1.82) is 0 Å². The highest BCUT2D eigenvalue weighted by atomic mass is 32.2. The van der Waals surface area contributed by atoms with Gasteiger partial charge in [0.2, 0.25) is 0 Å². The number of nitrogens with zero attached hydrogens (tertiary/aromatic N) is 2. The highest BCUT2D eigenvalue weighted by molar-refractivity contribution is 7.92. The molecule has 21 heavy (non-hydrogen) atoms. The van der Waals surface area contributed by atoms with Gasteiger partial charge in [-0.15, -0.1) is 0 Å². The molecule has 1 heterocycles. The number of sulfonamides is 1. The molecule has 112 valence electrons. The second-order valence-corrected chi connectivity index (χ2v) is 6.45. The van der Waals surface area contributed by atoms with Gasteiger partial charge in [0.15, 0.2) is 0 Å². The summed E-state index contributed by atoms with van der Waals surface area (Å²) >= 11 is 0. The van der Waals surface area contributed by atoms with Crippen molar-refractivity contribution in [1.82, 2.24) is 4.98 Å². The fourth-order valence-corrected chi connectivity index (χ4v) is 3.61. The van der Waals surface area contributed by atoms with Crippen LogP contribution in [0.4, 0.5) is 11.5 Å². The number of rotatable bonds is 5. The Morgan fingerprint density at radius 3 is 2.43 bits per heavy atom. The average molecular weight is 305 g/mol. The van der Waals surface area contributed by atoms with Crippen molar-refractivity contribution in [2.75, 3.05) is 23.2 Å². The average Bonchev–Trinajstić information content (AvgIpc) is 2.50. The van der Waals surface area contributed by atoms with Crippen LogP contribution >= 0.6 is 0 Å². The van der Waals surface area contributed by atoms with Gasteiger partial charge in [-0.25, -0.2) is 13.4 Å². The van der Waals surface area contributed by atoms with Gasteiger partial charge >= 0.3 is 0 Å². The summed E-state index contributed by atoms with van der Waals surface area (Å²) in [6.07, 6.45) is 1.38. The third kappa shape index (κ3) is 3.00. The molecule has 0 spiro atoms. The number of pyridine rings is 1. The first-order chi connectivity index (χ1) is 10.0. The van der Waals surface area contributed by atoms with Gasteiger partial charge in [0.05, 0.1) is 5.69 Å². The minimum absolute atomic E-state index is 0.187. The van der Waals surface area contributed by atoms with Crippen molar-refractivity contribution in [3.8, 4) is 0 Å².